The fourth-order valence-corrected chi connectivity index (χ4v) is 4.90. The number of aliphatic imine (C=N–C) groups is 1. The summed E-state index contributed by atoms with van der Waals surface area (Å²) in [5.74, 6) is 0.976. The zero-order valence-electron chi connectivity index (χ0n) is 18.9. The fourth-order valence-electron chi connectivity index (χ4n) is 4.90. The summed E-state index contributed by atoms with van der Waals surface area (Å²) >= 11 is 0. The number of likely N-dealkylation sites (tertiary alicyclic amines) is 1. The lowest BCUT2D eigenvalue weighted by Gasteiger charge is -2.41. The van der Waals surface area contributed by atoms with E-state index in [1.54, 1.807) is 10.6 Å². The molecule has 1 saturated heterocycles. The van der Waals surface area contributed by atoms with Crippen molar-refractivity contribution in [3.05, 3.63) is 58.2 Å². The van der Waals surface area contributed by atoms with E-state index in [9.17, 15) is 4.79 Å². The van der Waals surface area contributed by atoms with Crippen molar-refractivity contribution in [3.8, 4) is 11.3 Å². The number of fused-ring (bicyclic) bond motifs is 1. The SMILES string of the molecule is C=N/C(=C\n1c(C)nc(-c2ccc3nc(C)cn3c2)cc1=O)C1CCN(C2CCC2)CC1. The molecule has 1 saturated carbocycles. The molecule has 0 spiro atoms. The first kappa shape index (κ1) is 20.8. The van der Waals surface area contributed by atoms with Crippen LogP contribution in [0.5, 0.6) is 0 Å². The molecule has 3 aromatic heterocycles. The van der Waals surface area contributed by atoms with Crippen molar-refractivity contribution < 1.29 is 0 Å². The average molecular weight is 431 g/mol. The number of aryl methyl sites for hydroxylation is 2. The molecule has 4 heterocycles. The molecule has 32 heavy (non-hydrogen) atoms. The maximum Gasteiger partial charge on any atom is 0.258 e. The maximum absolute atomic E-state index is 13.0. The van der Waals surface area contributed by atoms with Crippen molar-refractivity contribution in [3.63, 3.8) is 0 Å². The highest BCUT2D eigenvalue weighted by Crippen LogP contribution is 2.32. The highest BCUT2D eigenvalue weighted by Gasteiger charge is 2.29. The first-order chi connectivity index (χ1) is 15.5. The monoisotopic (exact) mass is 430 g/mol. The topological polar surface area (TPSA) is 67.8 Å². The maximum atomic E-state index is 13.0. The lowest BCUT2D eigenvalue weighted by molar-refractivity contribution is 0.0911. The summed E-state index contributed by atoms with van der Waals surface area (Å²) in [6.07, 6.45) is 11.9. The fraction of sp³-hybridized carbons (Fsp3) is 0.440. The van der Waals surface area contributed by atoms with Gasteiger partial charge in [0.2, 0.25) is 0 Å². The Hall–Kier alpha value is -3.06. The van der Waals surface area contributed by atoms with Gasteiger partial charge in [-0.05, 0) is 71.5 Å². The molecule has 2 fully saturated rings. The van der Waals surface area contributed by atoms with Crippen molar-refractivity contribution in [1.82, 2.24) is 23.8 Å². The Balaban J connectivity index is 1.39. The zero-order valence-corrected chi connectivity index (χ0v) is 18.9. The van der Waals surface area contributed by atoms with E-state index in [1.807, 2.05) is 49.0 Å². The average Bonchev–Trinajstić information content (AvgIpc) is 3.12. The minimum absolute atomic E-state index is 0.109. The van der Waals surface area contributed by atoms with E-state index in [0.717, 1.165) is 54.6 Å². The van der Waals surface area contributed by atoms with E-state index < -0.39 is 0 Å². The zero-order chi connectivity index (χ0) is 22.2. The molecular weight excluding hydrogens is 400 g/mol. The third-order valence-corrected chi connectivity index (χ3v) is 6.98. The Bertz CT molecular complexity index is 1240. The molecule has 7 heteroatoms. The molecule has 3 aromatic rings. The van der Waals surface area contributed by atoms with Crippen LogP contribution in [0.3, 0.4) is 0 Å². The molecule has 0 radical (unpaired) electrons. The van der Waals surface area contributed by atoms with Crippen LogP contribution in [-0.4, -0.2) is 49.7 Å². The summed E-state index contributed by atoms with van der Waals surface area (Å²) in [6.45, 7) is 9.82. The van der Waals surface area contributed by atoms with Gasteiger partial charge in [0, 0.05) is 42.2 Å². The van der Waals surface area contributed by atoms with Crippen molar-refractivity contribution in [2.75, 3.05) is 13.1 Å². The van der Waals surface area contributed by atoms with Gasteiger partial charge in [-0.15, -0.1) is 0 Å². The van der Waals surface area contributed by atoms with E-state index in [2.05, 4.69) is 21.6 Å². The number of allylic oxidation sites excluding steroid dienone is 1. The van der Waals surface area contributed by atoms with Gasteiger partial charge < -0.3 is 9.30 Å². The van der Waals surface area contributed by atoms with Crippen LogP contribution in [-0.2, 0) is 0 Å². The second-order valence-corrected chi connectivity index (χ2v) is 9.07. The summed E-state index contributed by atoms with van der Waals surface area (Å²) in [5.41, 5.74) is 4.15. The van der Waals surface area contributed by atoms with Crippen LogP contribution in [0.25, 0.3) is 23.1 Å². The molecule has 166 valence electrons. The minimum atomic E-state index is -0.109. The number of aromatic nitrogens is 4. The van der Waals surface area contributed by atoms with Crippen molar-refractivity contribution in [2.45, 2.75) is 52.0 Å². The van der Waals surface area contributed by atoms with Gasteiger partial charge in [0.25, 0.3) is 5.56 Å². The molecule has 0 N–H and O–H groups in total. The summed E-state index contributed by atoms with van der Waals surface area (Å²) in [7, 11) is 0. The standard InChI is InChI=1S/C25H30N6O/c1-17-14-30-15-20(7-8-24(30)27-17)22-13-25(32)31(18(2)28-22)16-23(26-3)19-9-11-29(12-10-19)21-5-4-6-21/h7-8,13-16,19,21H,3-6,9-12H2,1-2H3/b23-16-. The molecule has 0 amide bonds. The molecule has 2 aliphatic rings. The summed E-state index contributed by atoms with van der Waals surface area (Å²) in [4.78, 5) is 29.1. The van der Waals surface area contributed by atoms with E-state index in [1.165, 1.54) is 19.3 Å². The number of hydrogen-bond acceptors (Lipinski definition) is 5. The third kappa shape index (κ3) is 3.93. The third-order valence-electron chi connectivity index (χ3n) is 6.98. The smallest absolute Gasteiger partial charge is 0.258 e. The molecule has 5 rings (SSSR count). The predicted molar refractivity (Wildman–Crippen MR) is 128 cm³/mol. The molecule has 1 aliphatic heterocycles. The van der Waals surface area contributed by atoms with Crippen molar-refractivity contribution >= 4 is 18.6 Å². The summed E-state index contributed by atoms with van der Waals surface area (Å²) < 4.78 is 3.56. The Labute approximate surface area is 188 Å². The van der Waals surface area contributed by atoms with Gasteiger partial charge in [-0.2, -0.15) is 0 Å². The van der Waals surface area contributed by atoms with Crippen molar-refractivity contribution in [1.29, 1.82) is 0 Å². The number of rotatable bonds is 5. The van der Waals surface area contributed by atoms with Crippen LogP contribution in [0.15, 0.2) is 46.1 Å². The Morgan fingerprint density at radius 2 is 1.91 bits per heavy atom. The van der Waals surface area contributed by atoms with E-state index in [0.29, 0.717) is 17.4 Å². The van der Waals surface area contributed by atoms with E-state index in [4.69, 9.17) is 4.98 Å². The number of piperidine rings is 1. The van der Waals surface area contributed by atoms with Gasteiger partial charge in [0.15, 0.2) is 0 Å². The molecule has 1 aliphatic carbocycles. The van der Waals surface area contributed by atoms with Crippen LogP contribution in [0.1, 0.15) is 43.6 Å². The van der Waals surface area contributed by atoms with Gasteiger partial charge in [-0.3, -0.25) is 14.4 Å². The van der Waals surface area contributed by atoms with Crippen LogP contribution in [0, 0.1) is 19.8 Å². The van der Waals surface area contributed by atoms with E-state index in [-0.39, 0.29) is 5.56 Å². The van der Waals surface area contributed by atoms with Gasteiger partial charge in [0.1, 0.15) is 11.5 Å². The van der Waals surface area contributed by atoms with Crippen molar-refractivity contribution in [2.24, 2.45) is 10.9 Å². The highest BCUT2D eigenvalue weighted by molar-refractivity contribution is 5.61. The normalized spacial score (nSPS) is 18.8. The Morgan fingerprint density at radius 1 is 1.12 bits per heavy atom. The van der Waals surface area contributed by atoms with E-state index >= 15 is 0 Å². The lowest BCUT2D eigenvalue weighted by Crippen LogP contribution is -2.45. The molecule has 0 atom stereocenters. The second-order valence-electron chi connectivity index (χ2n) is 9.07. The number of hydrogen-bond donors (Lipinski definition) is 0. The van der Waals surface area contributed by atoms with Crippen LogP contribution < -0.4 is 5.56 Å². The molecule has 0 aromatic carbocycles. The Morgan fingerprint density at radius 3 is 2.56 bits per heavy atom. The number of nitrogens with zero attached hydrogens (tertiary/aromatic N) is 6. The minimum Gasteiger partial charge on any atom is -0.306 e. The van der Waals surface area contributed by atoms with Crippen LogP contribution >= 0.6 is 0 Å². The van der Waals surface area contributed by atoms with Gasteiger partial charge in [0.05, 0.1) is 17.1 Å². The first-order valence-electron chi connectivity index (χ1n) is 11.5. The predicted octanol–water partition coefficient (Wildman–Crippen LogP) is 3.94. The van der Waals surface area contributed by atoms with Crippen LogP contribution in [0.2, 0.25) is 0 Å². The molecular formula is C25H30N6O. The second kappa shape index (κ2) is 8.47. The largest absolute Gasteiger partial charge is 0.306 e. The van der Waals surface area contributed by atoms with Crippen LogP contribution in [0.4, 0.5) is 0 Å². The molecule has 7 nitrogen and oxygen atoms in total. The number of pyridine rings is 1. The number of imidazole rings is 1. The van der Waals surface area contributed by atoms with Gasteiger partial charge >= 0.3 is 0 Å². The summed E-state index contributed by atoms with van der Waals surface area (Å²) in [6, 6.07) is 6.28. The highest BCUT2D eigenvalue weighted by atomic mass is 16.1. The first-order valence-corrected chi connectivity index (χ1v) is 11.5. The lowest BCUT2D eigenvalue weighted by atomic mass is 9.87. The summed E-state index contributed by atoms with van der Waals surface area (Å²) in [5, 5.41) is 0. The Kier molecular flexibility index (Phi) is 5.51. The van der Waals surface area contributed by atoms with Gasteiger partial charge in [-0.25, -0.2) is 9.97 Å². The van der Waals surface area contributed by atoms with Gasteiger partial charge in [-0.1, -0.05) is 6.42 Å². The molecule has 0 bridgehead atoms. The quantitative estimate of drug-likeness (QED) is 0.575. The molecule has 0 unspecified atom stereocenters.